The van der Waals surface area contributed by atoms with Crippen molar-refractivity contribution in [3.05, 3.63) is 94.9 Å². The van der Waals surface area contributed by atoms with Crippen molar-refractivity contribution in [1.29, 1.82) is 0 Å². The molecule has 13 heteroatoms. The fraction of sp³-hybridized carbons (Fsp3) is 0.207. The average Bonchev–Trinajstić information content (AvgIpc) is 3.30. The van der Waals surface area contributed by atoms with Gasteiger partial charge in [-0.2, -0.15) is 14.1 Å². The molecular weight excluding hydrogens is 567 g/mol. The first-order valence-corrected chi connectivity index (χ1v) is 14.4. The summed E-state index contributed by atoms with van der Waals surface area (Å²) >= 11 is 0. The van der Waals surface area contributed by atoms with Gasteiger partial charge in [0, 0.05) is 29.9 Å². The molecule has 0 unspecified atom stereocenters. The molecule has 0 saturated carbocycles. The van der Waals surface area contributed by atoms with E-state index in [-0.39, 0.29) is 65.3 Å². The molecule has 0 radical (unpaired) electrons. The number of carbonyl (C=O) groups excluding carboxylic acids is 1. The van der Waals surface area contributed by atoms with E-state index >= 15 is 0 Å². The van der Waals surface area contributed by atoms with E-state index < -0.39 is 27.7 Å². The topological polar surface area (TPSA) is 140 Å². The van der Waals surface area contributed by atoms with Crippen molar-refractivity contribution in [2.24, 2.45) is 0 Å². The molecule has 11 nitrogen and oxygen atoms in total. The van der Waals surface area contributed by atoms with E-state index in [1.165, 1.54) is 52.3 Å². The summed E-state index contributed by atoms with van der Waals surface area (Å²) in [5.41, 5.74) is 1.56. The Kier molecular flexibility index (Phi) is 8.07. The monoisotopic (exact) mass is 594 g/mol. The van der Waals surface area contributed by atoms with Gasteiger partial charge in [0.15, 0.2) is 5.69 Å². The molecule has 1 aliphatic rings. The van der Waals surface area contributed by atoms with Crippen LogP contribution in [0.15, 0.2) is 71.6 Å². The van der Waals surface area contributed by atoms with Gasteiger partial charge in [0.05, 0.1) is 18.9 Å². The highest BCUT2D eigenvalue weighted by Crippen LogP contribution is 2.37. The molecule has 0 atom stereocenters. The maximum Gasteiger partial charge on any atom is 0.356 e. The first-order chi connectivity index (χ1) is 20.0. The second-order valence-electron chi connectivity index (χ2n) is 9.58. The molecule has 1 saturated heterocycles. The van der Waals surface area contributed by atoms with Gasteiger partial charge in [-0.3, -0.25) is 4.79 Å². The summed E-state index contributed by atoms with van der Waals surface area (Å²) in [6.45, 7) is 4.02. The van der Waals surface area contributed by atoms with Crippen LogP contribution in [0.5, 0.6) is 11.6 Å². The van der Waals surface area contributed by atoms with Crippen molar-refractivity contribution in [2.75, 3.05) is 31.6 Å². The van der Waals surface area contributed by atoms with Gasteiger partial charge >= 0.3 is 5.97 Å². The third-order valence-electron chi connectivity index (χ3n) is 6.63. The number of carboxylic acids is 1. The Hall–Kier alpha value is -4.59. The van der Waals surface area contributed by atoms with Crippen molar-refractivity contribution in [1.82, 2.24) is 14.1 Å². The number of sulfonamides is 1. The number of carboxylic acid groups (broad SMARTS) is 1. The molecule has 1 amide bonds. The normalized spacial score (nSPS) is 14.0. The lowest BCUT2D eigenvalue weighted by Crippen LogP contribution is -2.40. The number of aromatic nitrogens is 2. The van der Waals surface area contributed by atoms with E-state index in [0.717, 1.165) is 11.6 Å². The largest absolute Gasteiger partial charge is 0.476 e. The first-order valence-electron chi connectivity index (χ1n) is 12.9. The molecule has 2 heterocycles. The smallest absolute Gasteiger partial charge is 0.356 e. The van der Waals surface area contributed by atoms with Gasteiger partial charge in [-0.25, -0.2) is 17.6 Å². The zero-order valence-corrected chi connectivity index (χ0v) is 23.5. The highest BCUT2D eigenvalue weighted by molar-refractivity contribution is 7.89. The summed E-state index contributed by atoms with van der Waals surface area (Å²) < 4.78 is 55.4. The number of aryl methyl sites for hydroxylation is 1. The number of nitrogens with zero attached hydrogens (tertiary/aromatic N) is 3. The van der Waals surface area contributed by atoms with Crippen LogP contribution in [0, 0.1) is 19.7 Å². The van der Waals surface area contributed by atoms with Crippen molar-refractivity contribution in [2.45, 2.75) is 18.7 Å². The number of carbonyl (C=O) groups is 2. The number of anilines is 1. The van der Waals surface area contributed by atoms with Crippen molar-refractivity contribution in [3.8, 4) is 17.3 Å². The van der Waals surface area contributed by atoms with E-state index in [1.54, 1.807) is 12.1 Å². The Morgan fingerprint density at radius 3 is 2.40 bits per heavy atom. The molecule has 1 fully saturated rings. The van der Waals surface area contributed by atoms with Gasteiger partial charge in [0.1, 0.15) is 16.5 Å². The molecule has 0 spiro atoms. The number of rotatable bonds is 8. The first kappa shape index (κ1) is 28.9. The van der Waals surface area contributed by atoms with Crippen LogP contribution in [0.25, 0.3) is 5.69 Å². The Balaban J connectivity index is 1.59. The molecule has 1 aromatic heterocycles. The second-order valence-corrected chi connectivity index (χ2v) is 11.5. The van der Waals surface area contributed by atoms with Crippen LogP contribution in [0.1, 0.15) is 32.0 Å². The third-order valence-corrected chi connectivity index (χ3v) is 8.55. The predicted octanol–water partition coefficient (Wildman–Crippen LogP) is 4.39. The van der Waals surface area contributed by atoms with Crippen molar-refractivity contribution >= 4 is 27.6 Å². The van der Waals surface area contributed by atoms with Gasteiger partial charge in [-0.15, -0.1) is 0 Å². The number of halogens is 1. The lowest BCUT2D eigenvalue weighted by atomic mass is 10.2. The highest BCUT2D eigenvalue weighted by Gasteiger charge is 2.31. The molecule has 218 valence electrons. The molecule has 0 bridgehead atoms. The van der Waals surface area contributed by atoms with Crippen LogP contribution in [0.3, 0.4) is 0 Å². The Bertz CT molecular complexity index is 1770. The van der Waals surface area contributed by atoms with Gasteiger partial charge in [-0.1, -0.05) is 23.8 Å². The Morgan fingerprint density at radius 1 is 1.02 bits per heavy atom. The van der Waals surface area contributed by atoms with E-state index in [2.05, 4.69) is 10.4 Å². The molecule has 2 N–H and O–H groups in total. The number of amides is 1. The van der Waals surface area contributed by atoms with E-state index in [1.807, 2.05) is 19.1 Å². The fourth-order valence-electron chi connectivity index (χ4n) is 4.40. The number of aromatic carboxylic acids is 1. The maximum atomic E-state index is 13.9. The minimum Gasteiger partial charge on any atom is -0.476 e. The molecule has 5 rings (SSSR count). The third kappa shape index (κ3) is 5.88. The minimum atomic E-state index is -4.18. The molecular formula is C29H27FN4O7S. The van der Waals surface area contributed by atoms with Gasteiger partial charge in [0.2, 0.25) is 15.9 Å². The summed E-state index contributed by atoms with van der Waals surface area (Å²) in [5, 5.41) is 16.6. The molecule has 42 heavy (non-hydrogen) atoms. The summed E-state index contributed by atoms with van der Waals surface area (Å²) in [6.07, 6.45) is 0. The molecule has 0 aliphatic carbocycles. The van der Waals surface area contributed by atoms with Crippen LogP contribution in [0.2, 0.25) is 0 Å². The Labute approximate surface area is 241 Å². The molecule has 1 aliphatic heterocycles. The Morgan fingerprint density at radius 2 is 1.74 bits per heavy atom. The van der Waals surface area contributed by atoms with E-state index in [9.17, 15) is 27.5 Å². The van der Waals surface area contributed by atoms with Gasteiger partial charge in [0.25, 0.3) is 5.91 Å². The zero-order valence-electron chi connectivity index (χ0n) is 22.7. The summed E-state index contributed by atoms with van der Waals surface area (Å²) in [5.74, 6) is -2.62. The van der Waals surface area contributed by atoms with Crippen LogP contribution in [0.4, 0.5) is 10.1 Å². The lowest BCUT2D eigenvalue weighted by molar-refractivity contribution is 0.0689. The summed E-state index contributed by atoms with van der Waals surface area (Å²) in [6, 6.07) is 16.2. The molecule has 3 aromatic carbocycles. The zero-order chi connectivity index (χ0) is 30.0. The lowest BCUT2D eigenvalue weighted by Gasteiger charge is -2.27. The standard InChI is InChI=1S/C29H27FN4O7S/c1-18-6-9-23(10-7-18)34-28(19(2)26(32-34)29(36)37)41-24-11-8-22(31-27(35)20-4-3-5-21(30)16-20)17-25(24)42(38,39)33-12-14-40-15-13-33/h3-11,16-17H,12-15H2,1-2H3,(H,31,35)(H,36,37). The van der Waals surface area contributed by atoms with E-state index in [0.29, 0.717) is 5.69 Å². The number of benzene rings is 3. The van der Waals surface area contributed by atoms with Crippen LogP contribution in [-0.4, -0.2) is 65.8 Å². The summed E-state index contributed by atoms with van der Waals surface area (Å²) in [4.78, 5) is 24.5. The average molecular weight is 595 g/mol. The van der Waals surface area contributed by atoms with Crippen LogP contribution in [-0.2, 0) is 14.8 Å². The fourth-order valence-corrected chi connectivity index (χ4v) is 5.95. The number of hydrogen-bond acceptors (Lipinski definition) is 7. The number of hydrogen-bond donors (Lipinski definition) is 2. The quantitative estimate of drug-likeness (QED) is 0.306. The maximum absolute atomic E-state index is 13.9. The number of ether oxygens (including phenoxy) is 2. The van der Waals surface area contributed by atoms with E-state index in [4.69, 9.17) is 9.47 Å². The van der Waals surface area contributed by atoms with Gasteiger partial charge < -0.3 is 19.9 Å². The predicted molar refractivity (Wildman–Crippen MR) is 150 cm³/mol. The molecule has 4 aromatic rings. The number of morpholine rings is 1. The summed E-state index contributed by atoms with van der Waals surface area (Å²) in [7, 11) is -4.18. The SMILES string of the molecule is Cc1ccc(-n2nc(C(=O)O)c(C)c2Oc2ccc(NC(=O)c3cccc(F)c3)cc2S(=O)(=O)N2CCOCC2)cc1. The second kappa shape index (κ2) is 11.7. The van der Waals surface area contributed by atoms with Crippen LogP contribution < -0.4 is 10.1 Å². The highest BCUT2D eigenvalue weighted by atomic mass is 32.2. The van der Waals surface area contributed by atoms with Gasteiger partial charge in [-0.05, 0) is 62.4 Å². The van der Waals surface area contributed by atoms with Crippen molar-refractivity contribution < 1.29 is 37.0 Å². The van der Waals surface area contributed by atoms with Crippen molar-refractivity contribution in [3.63, 3.8) is 0 Å². The number of nitrogens with one attached hydrogen (secondary N) is 1. The van der Waals surface area contributed by atoms with Crippen LogP contribution >= 0.6 is 0 Å². The minimum absolute atomic E-state index is 0.00577.